The number of hydrogen-bond acceptors (Lipinski definition) is 5. The average molecular weight is 277 g/mol. The SMILES string of the molecule is O=S(=O)(NCCC[Si](O)(O)O)c1ccccc1. The Balaban J connectivity index is 2.47. The number of hydrogen-bond donors (Lipinski definition) is 4. The Labute approximate surface area is 101 Å². The van der Waals surface area contributed by atoms with Gasteiger partial charge in [0.25, 0.3) is 0 Å². The molecule has 4 N–H and O–H groups in total. The Morgan fingerprint density at radius 2 is 1.71 bits per heavy atom. The second-order valence-electron chi connectivity index (χ2n) is 3.59. The van der Waals surface area contributed by atoms with Gasteiger partial charge in [0.1, 0.15) is 0 Å². The highest BCUT2D eigenvalue weighted by Crippen LogP contribution is 2.07. The molecule has 0 atom stereocenters. The molecule has 1 rings (SSSR count). The van der Waals surface area contributed by atoms with Crippen molar-refractivity contribution in [2.45, 2.75) is 17.4 Å². The molecule has 0 fully saturated rings. The van der Waals surface area contributed by atoms with E-state index in [9.17, 15) is 8.42 Å². The summed E-state index contributed by atoms with van der Waals surface area (Å²) in [5.41, 5.74) is 0. The van der Waals surface area contributed by atoms with Crippen molar-refractivity contribution in [3.05, 3.63) is 30.3 Å². The van der Waals surface area contributed by atoms with Crippen LogP contribution in [-0.2, 0) is 10.0 Å². The normalized spacial score (nSPS) is 12.6. The summed E-state index contributed by atoms with van der Waals surface area (Å²) in [5.74, 6) is 0. The summed E-state index contributed by atoms with van der Waals surface area (Å²) in [6.07, 6.45) is 0.168. The van der Waals surface area contributed by atoms with Crippen LogP contribution in [0.2, 0.25) is 6.04 Å². The van der Waals surface area contributed by atoms with Crippen molar-refractivity contribution in [1.29, 1.82) is 0 Å². The Hall–Kier alpha value is -0.773. The lowest BCUT2D eigenvalue weighted by Crippen LogP contribution is -2.35. The fourth-order valence-corrected chi connectivity index (χ4v) is 2.96. The third kappa shape index (κ3) is 5.39. The molecule has 8 heteroatoms. The maximum absolute atomic E-state index is 11.7. The first-order valence-corrected chi connectivity index (χ1v) is 8.56. The van der Waals surface area contributed by atoms with Gasteiger partial charge in [-0.25, -0.2) is 13.1 Å². The van der Waals surface area contributed by atoms with Gasteiger partial charge in [-0.2, -0.15) is 0 Å². The second-order valence-corrected chi connectivity index (χ2v) is 7.40. The smallest absolute Gasteiger partial charge is 0.390 e. The van der Waals surface area contributed by atoms with Gasteiger partial charge in [-0.05, 0) is 18.6 Å². The fraction of sp³-hybridized carbons (Fsp3) is 0.333. The van der Waals surface area contributed by atoms with Crippen molar-refractivity contribution < 1.29 is 22.8 Å². The van der Waals surface area contributed by atoms with Crippen LogP contribution < -0.4 is 4.72 Å². The molecule has 0 aliphatic rings. The molecule has 96 valence electrons. The lowest BCUT2D eigenvalue weighted by Gasteiger charge is -2.09. The first-order chi connectivity index (χ1) is 7.81. The molecule has 17 heavy (non-hydrogen) atoms. The summed E-state index contributed by atoms with van der Waals surface area (Å²) in [7, 11) is -7.63. The van der Waals surface area contributed by atoms with Gasteiger partial charge in [0.2, 0.25) is 10.0 Å². The van der Waals surface area contributed by atoms with Crippen LogP contribution in [-0.4, -0.2) is 38.2 Å². The van der Waals surface area contributed by atoms with Crippen LogP contribution in [0.3, 0.4) is 0 Å². The zero-order valence-corrected chi connectivity index (χ0v) is 10.9. The first kappa shape index (κ1) is 14.3. The van der Waals surface area contributed by atoms with E-state index in [-0.39, 0.29) is 23.9 Å². The quantitative estimate of drug-likeness (QED) is 0.405. The Morgan fingerprint density at radius 1 is 1.12 bits per heavy atom. The van der Waals surface area contributed by atoms with Crippen molar-refractivity contribution in [3.63, 3.8) is 0 Å². The lowest BCUT2D eigenvalue weighted by atomic mass is 10.4. The third-order valence-electron chi connectivity index (χ3n) is 2.03. The van der Waals surface area contributed by atoms with Gasteiger partial charge in [-0.3, -0.25) is 0 Å². The average Bonchev–Trinajstić information content (AvgIpc) is 2.25. The van der Waals surface area contributed by atoms with Gasteiger partial charge in [-0.1, -0.05) is 18.2 Å². The standard InChI is InChI=1S/C9H15NO5SSi/c11-16(12,9-5-2-1-3-6-9)10-7-4-8-17(13,14)15/h1-3,5-6,10,13-15H,4,7-8H2. The molecule has 1 aromatic rings. The molecule has 0 bridgehead atoms. The van der Waals surface area contributed by atoms with Crippen LogP contribution in [0.5, 0.6) is 0 Å². The first-order valence-electron chi connectivity index (χ1n) is 5.03. The highest BCUT2D eigenvalue weighted by molar-refractivity contribution is 7.89. The Kier molecular flexibility index (Phi) is 4.80. The van der Waals surface area contributed by atoms with Gasteiger partial charge < -0.3 is 14.4 Å². The van der Waals surface area contributed by atoms with E-state index in [0.717, 1.165) is 0 Å². The van der Waals surface area contributed by atoms with Gasteiger partial charge in [0.05, 0.1) is 4.90 Å². The van der Waals surface area contributed by atoms with Crippen molar-refractivity contribution in [1.82, 2.24) is 4.72 Å². The van der Waals surface area contributed by atoms with Crippen LogP contribution >= 0.6 is 0 Å². The number of nitrogens with one attached hydrogen (secondary N) is 1. The van der Waals surface area contributed by atoms with Crippen LogP contribution in [0.4, 0.5) is 0 Å². The number of sulfonamides is 1. The minimum atomic E-state index is -4.07. The predicted octanol–water partition coefficient (Wildman–Crippen LogP) is -0.729. The van der Waals surface area contributed by atoms with Gasteiger partial charge in [0.15, 0.2) is 0 Å². The van der Waals surface area contributed by atoms with Crippen LogP contribution in [0.25, 0.3) is 0 Å². The fourth-order valence-electron chi connectivity index (χ4n) is 1.22. The summed E-state index contributed by atoms with van der Waals surface area (Å²) in [6.45, 7) is 0.0493. The van der Waals surface area contributed by atoms with Gasteiger partial charge in [0, 0.05) is 12.6 Å². The maximum Gasteiger partial charge on any atom is 0.492 e. The van der Waals surface area contributed by atoms with Gasteiger partial charge in [-0.15, -0.1) is 0 Å². The van der Waals surface area contributed by atoms with E-state index >= 15 is 0 Å². The molecular weight excluding hydrogens is 262 g/mol. The lowest BCUT2D eigenvalue weighted by molar-refractivity contribution is 0.226. The molecule has 0 aromatic heterocycles. The van der Waals surface area contributed by atoms with E-state index in [1.807, 2.05) is 0 Å². The number of benzene rings is 1. The summed E-state index contributed by atoms with van der Waals surface area (Å²) in [6, 6.07) is 7.67. The van der Waals surface area contributed by atoms with E-state index in [4.69, 9.17) is 14.4 Å². The molecule has 0 radical (unpaired) electrons. The molecule has 0 saturated carbocycles. The highest BCUT2D eigenvalue weighted by atomic mass is 32.2. The van der Waals surface area contributed by atoms with Gasteiger partial charge >= 0.3 is 8.80 Å². The zero-order valence-electron chi connectivity index (χ0n) is 9.07. The van der Waals surface area contributed by atoms with Crippen LogP contribution in [0.1, 0.15) is 6.42 Å². The summed E-state index contributed by atoms with van der Waals surface area (Å²) < 4.78 is 25.6. The molecular formula is C9H15NO5SSi. The topological polar surface area (TPSA) is 107 Å². The molecule has 0 heterocycles. The molecule has 0 unspecified atom stereocenters. The van der Waals surface area contributed by atoms with E-state index in [0.29, 0.717) is 0 Å². The predicted molar refractivity (Wildman–Crippen MR) is 63.5 cm³/mol. The van der Waals surface area contributed by atoms with Crippen LogP contribution in [0.15, 0.2) is 35.2 Å². The van der Waals surface area contributed by atoms with E-state index in [1.165, 1.54) is 12.1 Å². The van der Waals surface area contributed by atoms with Crippen molar-refractivity contribution in [2.75, 3.05) is 6.54 Å². The van der Waals surface area contributed by atoms with E-state index in [1.54, 1.807) is 18.2 Å². The summed E-state index contributed by atoms with van der Waals surface area (Å²) in [4.78, 5) is 26.4. The zero-order chi connectivity index (χ0) is 12.9. The van der Waals surface area contributed by atoms with E-state index < -0.39 is 18.8 Å². The molecule has 0 amide bonds. The summed E-state index contributed by atoms with van der Waals surface area (Å²) >= 11 is 0. The highest BCUT2D eigenvalue weighted by Gasteiger charge is 2.25. The maximum atomic E-state index is 11.7. The molecule has 6 nitrogen and oxygen atoms in total. The third-order valence-corrected chi connectivity index (χ3v) is 4.54. The molecule has 0 aliphatic carbocycles. The largest absolute Gasteiger partial charge is 0.492 e. The second kappa shape index (κ2) is 5.71. The monoisotopic (exact) mass is 277 g/mol. The van der Waals surface area contributed by atoms with Crippen LogP contribution in [0, 0.1) is 0 Å². The van der Waals surface area contributed by atoms with Crippen molar-refractivity contribution in [3.8, 4) is 0 Å². The number of rotatable bonds is 6. The van der Waals surface area contributed by atoms with E-state index in [2.05, 4.69) is 4.72 Å². The molecule has 0 spiro atoms. The minimum absolute atomic E-state index is 0.0493. The minimum Gasteiger partial charge on any atom is -0.390 e. The van der Waals surface area contributed by atoms with Crippen molar-refractivity contribution in [2.24, 2.45) is 0 Å². The summed E-state index contributed by atoms with van der Waals surface area (Å²) in [5, 5.41) is 0. The molecule has 1 aromatic carbocycles. The molecule has 0 saturated heterocycles. The Morgan fingerprint density at radius 3 is 2.24 bits per heavy atom. The Bertz CT molecular complexity index is 442. The molecule has 0 aliphatic heterocycles. The van der Waals surface area contributed by atoms with Crippen molar-refractivity contribution >= 4 is 18.8 Å².